The summed E-state index contributed by atoms with van der Waals surface area (Å²) in [6.07, 6.45) is 2.06. The van der Waals surface area contributed by atoms with Crippen molar-refractivity contribution >= 4 is 0 Å². The van der Waals surface area contributed by atoms with Gasteiger partial charge < -0.3 is 9.84 Å². The Morgan fingerprint density at radius 2 is 2.10 bits per heavy atom. The molecule has 0 aromatic rings. The van der Waals surface area contributed by atoms with Crippen molar-refractivity contribution in [3.63, 3.8) is 0 Å². The molecule has 2 heteroatoms. The Balaban J connectivity index is 2.07. The van der Waals surface area contributed by atoms with Crippen LogP contribution in [0.15, 0.2) is 0 Å². The molecule has 0 aromatic carbocycles. The maximum absolute atomic E-state index is 8.94. The molecule has 0 radical (unpaired) electrons. The number of epoxide rings is 1. The first-order valence-electron chi connectivity index (χ1n) is 3.88. The van der Waals surface area contributed by atoms with Gasteiger partial charge in [-0.1, -0.05) is 0 Å². The molecule has 1 saturated heterocycles. The van der Waals surface area contributed by atoms with Crippen LogP contribution in [0.4, 0.5) is 0 Å². The van der Waals surface area contributed by atoms with Gasteiger partial charge in [-0.25, -0.2) is 0 Å². The zero-order valence-electron chi connectivity index (χ0n) is 6.92. The van der Waals surface area contributed by atoms with Crippen molar-refractivity contribution in [3.8, 4) is 0 Å². The number of hydrogen-bond donors (Lipinski definition) is 1. The minimum atomic E-state index is -0.181. The van der Waals surface area contributed by atoms with Crippen molar-refractivity contribution in [2.24, 2.45) is 0 Å². The molecule has 0 bridgehead atoms. The average molecular weight is 144 g/mol. The van der Waals surface area contributed by atoms with E-state index in [1.54, 1.807) is 0 Å². The minimum absolute atomic E-state index is 0.0922. The normalized spacial score (nSPS) is 31.8. The van der Waals surface area contributed by atoms with E-state index >= 15 is 0 Å². The van der Waals surface area contributed by atoms with Crippen LogP contribution in [0.3, 0.4) is 0 Å². The van der Waals surface area contributed by atoms with E-state index in [-0.39, 0.29) is 11.7 Å². The molecule has 2 unspecified atom stereocenters. The van der Waals surface area contributed by atoms with Gasteiger partial charge in [-0.05, 0) is 33.6 Å². The molecule has 10 heavy (non-hydrogen) atoms. The first-order valence-corrected chi connectivity index (χ1v) is 3.88. The highest BCUT2D eigenvalue weighted by Crippen LogP contribution is 2.38. The van der Waals surface area contributed by atoms with Crippen LogP contribution in [0.1, 0.15) is 33.6 Å². The van der Waals surface area contributed by atoms with Crippen molar-refractivity contribution < 1.29 is 9.84 Å². The van der Waals surface area contributed by atoms with Gasteiger partial charge in [0.2, 0.25) is 0 Å². The molecule has 1 N–H and O–H groups in total. The maximum Gasteiger partial charge on any atom is 0.0892 e. The zero-order chi connectivity index (χ0) is 7.78. The highest BCUT2D eigenvalue weighted by atomic mass is 16.6. The van der Waals surface area contributed by atoms with Crippen molar-refractivity contribution in [2.45, 2.75) is 51.4 Å². The Bertz CT molecular complexity index is 118. The van der Waals surface area contributed by atoms with Crippen LogP contribution in [0.25, 0.3) is 0 Å². The molecule has 1 heterocycles. The SMILES string of the molecule is CC(O)CCC1OC1(C)C. The third-order valence-electron chi connectivity index (χ3n) is 2.01. The van der Waals surface area contributed by atoms with Crippen LogP contribution in [0, 0.1) is 0 Å². The summed E-state index contributed by atoms with van der Waals surface area (Å²) < 4.78 is 5.34. The molecule has 0 saturated carbocycles. The van der Waals surface area contributed by atoms with E-state index in [1.165, 1.54) is 0 Å². The summed E-state index contributed by atoms with van der Waals surface area (Å²) in [5, 5.41) is 8.94. The molecular formula is C8H16O2. The fourth-order valence-corrected chi connectivity index (χ4v) is 1.13. The Kier molecular flexibility index (Phi) is 2.02. The summed E-state index contributed by atoms with van der Waals surface area (Å²) in [5.74, 6) is 0. The first kappa shape index (κ1) is 8.02. The van der Waals surface area contributed by atoms with Gasteiger partial charge in [0, 0.05) is 0 Å². The van der Waals surface area contributed by atoms with E-state index in [1.807, 2.05) is 6.92 Å². The topological polar surface area (TPSA) is 32.8 Å². The third kappa shape index (κ3) is 1.96. The van der Waals surface area contributed by atoms with Crippen LogP contribution < -0.4 is 0 Å². The monoisotopic (exact) mass is 144 g/mol. The molecule has 0 spiro atoms. The largest absolute Gasteiger partial charge is 0.393 e. The molecule has 1 aliphatic rings. The van der Waals surface area contributed by atoms with Gasteiger partial charge in [0.1, 0.15) is 0 Å². The summed E-state index contributed by atoms with van der Waals surface area (Å²) in [4.78, 5) is 0. The third-order valence-corrected chi connectivity index (χ3v) is 2.01. The quantitative estimate of drug-likeness (QED) is 0.606. The predicted molar refractivity (Wildman–Crippen MR) is 39.9 cm³/mol. The number of aliphatic hydroxyl groups excluding tert-OH is 1. The van der Waals surface area contributed by atoms with Gasteiger partial charge in [-0.2, -0.15) is 0 Å². The lowest BCUT2D eigenvalue weighted by molar-refractivity contribution is 0.176. The van der Waals surface area contributed by atoms with Gasteiger partial charge in [-0.15, -0.1) is 0 Å². The minimum Gasteiger partial charge on any atom is -0.393 e. The van der Waals surface area contributed by atoms with Gasteiger partial charge >= 0.3 is 0 Å². The molecule has 2 atom stereocenters. The Morgan fingerprint density at radius 3 is 2.40 bits per heavy atom. The van der Waals surface area contributed by atoms with Gasteiger partial charge in [-0.3, -0.25) is 0 Å². The van der Waals surface area contributed by atoms with Crippen LogP contribution in [0.5, 0.6) is 0 Å². The highest BCUT2D eigenvalue weighted by molar-refractivity contribution is 4.94. The lowest BCUT2D eigenvalue weighted by Crippen LogP contribution is -2.06. The van der Waals surface area contributed by atoms with Crippen LogP contribution in [-0.4, -0.2) is 22.9 Å². The maximum atomic E-state index is 8.94. The van der Waals surface area contributed by atoms with Crippen molar-refractivity contribution in [3.05, 3.63) is 0 Å². The molecule has 1 aliphatic heterocycles. The molecule has 60 valence electrons. The molecular weight excluding hydrogens is 128 g/mol. The predicted octanol–water partition coefficient (Wildman–Crippen LogP) is 1.32. The van der Waals surface area contributed by atoms with Crippen LogP contribution in [0.2, 0.25) is 0 Å². The fraction of sp³-hybridized carbons (Fsp3) is 1.00. The summed E-state index contributed by atoms with van der Waals surface area (Å²) in [7, 11) is 0. The first-order chi connectivity index (χ1) is 4.52. The van der Waals surface area contributed by atoms with Crippen molar-refractivity contribution in [1.29, 1.82) is 0 Å². The van der Waals surface area contributed by atoms with Crippen molar-refractivity contribution in [2.75, 3.05) is 0 Å². The second-order valence-electron chi connectivity index (χ2n) is 3.64. The smallest absolute Gasteiger partial charge is 0.0892 e. The molecule has 0 aliphatic carbocycles. The number of ether oxygens (including phenoxy) is 1. The second-order valence-corrected chi connectivity index (χ2v) is 3.64. The molecule has 2 nitrogen and oxygen atoms in total. The summed E-state index contributed by atoms with van der Waals surface area (Å²) in [5.41, 5.74) is 0.0922. The van der Waals surface area contributed by atoms with Gasteiger partial charge in [0.25, 0.3) is 0 Å². The fourth-order valence-electron chi connectivity index (χ4n) is 1.13. The highest BCUT2D eigenvalue weighted by Gasteiger charge is 2.46. The van der Waals surface area contributed by atoms with Gasteiger partial charge in [0.15, 0.2) is 0 Å². The summed E-state index contributed by atoms with van der Waals surface area (Å²) >= 11 is 0. The van der Waals surface area contributed by atoms with E-state index in [0.29, 0.717) is 6.10 Å². The molecule has 0 amide bonds. The van der Waals surface area contributed by atoms with E-state index in [4.69, 9.17) is 9.84 Å². The Morgan fingerprint density at radius 1 is 1.60 bits per heavy atom. The zero-order valence-corrected chi connectivity index (χ0v) is 6.92. The van der Waals surface area contributed by atoms with Crippen molar-refractivity contribution in [1.82, 2.24) is 0 Å². The molecule has 1 fully saturated rings. The van der Waals surface area contributed by atoms with Crippen LogP contribution in [-0.2, 0) is 4.74 Å². The Hall–Kier alpha value is -0.0800. The molecule has 0 aromatic heterocycles. The molecule has 1 rings (SSSR count). The van der Waals surface area contributed by atoms with Crippen LogP contribution >= 0.6 is 0 Å². The van der Waals surface area contributed by atoms with E-state index < -0.39 is 0 Å². The second kappa shape index (κ2) is 2.51. The summed E-state index contributed by atoms with van der Waals surface area (Å²) in [6.45, 7) is 5.98. The lowest BCUT2D eigenvalue weighted by Gasteiger charge is -2.00. The van der Waals surface area contributed by atoms with Gasteiger partial charge in [0.05, 0.1) is 17.8 Å². The van der Waals surface area contributed by atoms with E-state index in [2.05, 4.69) is 13.8 Å². The average Bonchev–Trinajstić information content (AvgIpc) is 2.35. The lowest BCUT2D eigenvalue weighted by atomic mass is 10.1. The van der Waals surface area contributed by atoms with E-state index in [9.17, 15) is 0 Å². The summed E-state index contributed by atoms with van der Waals surface area (Å²) in [6, 6.07) is 0. The number of hydrogen-bond acceptors (Lipinski definition) is 2. The Labute approximate surface area is 62.2 Å². The number of aliphatic hydroxyl groups is 1. The standard InChI is InChI=1S/C8H16O2/c1-6(9)4-5-7-8(2,3)10-7/h6-7,9H,4-5H2,1-3H3. The number of rotatable bonds is 3. The van der Waals surface area contributed by atoms with E-state index in [0.717, 1.165) is 12.8 Å².